The molecular formula is C88H83Cl3N18O12. The number of nitriles is 3. The average Bonchev–Trinajstić information content (AvgIpc) is 0.770. The van der Waals surface area contributed by atoms with Crippen molar-refractivity contribution >= 4 is 131 Å². The number of piperidine rings is 8. The number of likely N-dealkylation sites (tertiary alicyclic amines) is 2. The topological polar surface area (TPSA) is 377 Å². The molecule has 3 amide bonds. The number of anilines is 6. The number of fused-ring (bicyclic) bond motifs is 12. The highest BCUT2D eigenvalue weighted by Crippen LogP contribution is 2.50. The molecule has 9 aliphatic rings. The molecule has 4 aliphatic carbocycles. The second kappa shape index (κ2) is 35.1. The Morgan fingerprint density at radius 1 is 0.430 bits per heavy atom. The molecule has 4 aromatic heterocycles. The van der Waals surface area contributed by atoms with Gasteiger partial charge in [-0.3, -0.25) is 19.2 Å². The van der Waals surface area contributed by atoms with Crippen LogP contribution >= 0.6 is 34.8 Å². The Kier molecular flexibility index (Phi) is 23.7. The highest BCUT2D eigenvalue weighted by atomic mass is 35.5. The molecule has 4 saturated carbocycles. The molecule has 5 saturated heterocycles. The molecular weight excluding hydrogens is 1610 g/mol. The summed E-state index contributed by atoms with van der Waals surface area (Å²) in [5.74, 6) is 9.79. The van der Waals surface area contributed by atoms with E-state index in [2.05, 4.69) is 85.9 Å². The average molecular weight is 1690 g/mol. The normalized spacial score (nSPS) is 22.1. The van der Waals surface area contributed by atoms with E-state index in [0.29, 0.717) is 177 Å². The maximum atomic E-state index is 12.0. The van der Waals surface area contributed by atoms with Crippen LogP contribution in [0.5, 0.6) is 46.0 Å². The monoisotopic (exact) mass is 1690 g/mol. The Balaban J connectivity index is 0.000000121. The number of halogens is 3. The highest BCUT2D eigenvalue weighted by Gasteiger charge is 2.52. The van der Waals surface area contributed by atoms with Gasteiger partial charge >= 0.3 is 0 Å². The minimum atomic E-state index is -0.205. The fourth-order valence-corrected chi connectivity index (χ4v) is 18.1. The zero-order chi connectivity index (χ0) is 84.4. The summed E-state index contributed by atoms with van der Waals surface area (Å²) in [5.41, 5.74) is 5.87. The molecule has 5 aliphatic heterocycles. The Morgan fingerprint density at radius 2 is 0.736 bits per heavy atom. The number of aromatic nitrogens is 8. The number of carbonyl (C=O) groups excluding carboxylic acids is 3. The lowest BCUT2D eigenvalue weighted by Gasteiger charge is -2.52. The van der Waals surface area contributed by atoms with Gasteiger partial charge in [-0.05, 0) is 111 Å². The van der Waals surface area contributed by atoms with Crippen LogP contribution in [0, 0.1) is 81.3 Å². The largest absolute Gasteiger partial charge is 0.493 e. The number of nitrogens with one attached hydrogen (secondary N) is 5. The molecule has 9 fully saturated rings. The molecule has 30 nitrogen and oxygen atoms in total. The van der Waals surface area contributed by atoms with Crippen molar-refractivity contribution in [1.29, 1.82) is 15.8 Å². The summed E-state index contributed by atoms with van der Waals surface area (Å²) in [5, 5.41) is 44.4. The van der Waals surface area contributed by atoms with Crippen LogP contribution in [0.2, 0.25) is 15.1 Å². The van der Waals surface area contributed by atoms with Gasteiger partial charge in [0.15, 0.2) is 46.0 Å². The maximum Gasteiger partial charge on any atom is 0.258 e. The minimum Gasteiger partial charge on any atom is -0.493 e. The molecule has 4 unspecified atom stereocenters. The zero-order valence-corrected chi connectivity index (χ0v) is 68.9. The van der Waals surface area contributed by atoms with Gasteiger partial charge < -0.3 is 78.8 Å². The van der Waals surface area contributed by atoms with Gasteiger partial charge in [0.2, 0.25) is 17.7 Å². The number of hydrogen-bond donors (Lipinski definition) is 5. The van der Waals surface area contributed by atoms with Gasteiger partial charge in [-0.25, -0.2) is 34.9 Å². The predicted octanol–water partition coefficient (Wildman–Crippen LogP) is 13.5. The molecule has 20 rings (SSSR count). The fraction of sp³-hybridized carbons (Fsp3) is 0.341. The van der Waals surface area contributed by atoms with E-state index >= 15 is 0 Å². The van der Waals surface area contributed by atoms with Crippen molar-refractivity contribution in [3.8, 4) is 64.2 Å². The Labute approximate surface area is 710 Å². The van der Waals surface area contributed by atoms with E-state index in [1.54, 1.807) is 109 Å². The number of amides is 3. The molecule has 121 heavy (non-hydrogen) atoms. The van der Waals surface area contributed by atoms with E-state index in [-0.39, 0.29) is 59.5 Å². The Bertz CT molecular complexity index is 6060. The Morgan fingerprint density at radius 3 is 1.03 bits per heavy atom. The number of carbonyl (C=O) groups is 3. The quantitative estimate of drug-likeness (QED) is 0.0469. The number of aromatic amines is 1. The van der Waals surface area contributed by atoms with E-state index in [4.69, 9.17) is 88.5 Å². The highest BCUT2D eigenvalue weighted by molar-refractivity contribution is 6.32. The number of rotatable bonds is 19. The summed E-state index contributed by atoms with van der Waals surface area (Å²) in [4.78, 5) is 85.9. The van der Waals surface area contributed by atoms with Gasteiger partial charge in [0, 0.05) is 171 Å². The van der Waals surface area contributed by atoms with Crippen LogP contribution in [-0.2, 0) is 14.4 Å². The summed E-state index contributed by atoms with van der Waals surface area (Å²) in [6.07, 6.45) is 11.9. The van der Waals surface area contributed by atoms with Crippen molar-refractivity contribution in [2.45, 2.75) is 63.9 Å². The third-order valence-electron chi connectivity index (χ3n) is 23.9. The fourth-order valence-electron chi connectivity index (χ4n) is 17.4. The number of ether oxygens (including phenoxy) is 8. The lowest BCUT2D eigenvalue weighted by Crippen LogP contribution is -2.61. The molecule has 9 heterocycles. The van der Waals surface area contributed by atoms with Crippen LogP contribution < -0.4 is 64.7 Å². The van der Waals surface area contributed by atoms with Crippen molar-refractivity contribution < 1.29 is 52.3 Å². The summed E-state index contributed by atoms with van der Waals surface area (Å²) < 4.78 is 47.6. The smallest absolute Gasteiger partial charge is 0.258 e. The van der Waals surface area contributed by atoms with Gasteiger partial charge in [0.1, 0.15) is 79.1 Å². The van der Waals surface area contributed by atoms with Crippen molar-refractivity contribution in [2.75, 3.05) is 96.7 Å². The second-order valence-corrected chi connectivity index (χ2v) is 32.3. The first-order valence-electron chi connectivity index (χ1n) is 39.4. The van der Waals surface area contributed by atoms with Crippen LogP contribution in [0.1, 0.15) is 56.2 Å². The van der Waals surface area contributed by atoms with Crippen LogP contribution in [0.25, 0.3) is 43.6 Å². The zero-order valence-electron chi connectivity index (χ0n) is 66.7. The standard InChI is InChI=1S/C25H22ClN5O3.C24H22ClN5O3.C22H20ClN5O2.C17H19N3O4/c1-3-23(32)31-11-15-6-16(12-31)24(15)34-22-8-18-20(9-21(22)33-2)28-13-29-25(18)30-17-5-4-14(10-27)19(26)7-17;1-13(31)30-10-15-5-16(11-30)23(15)33-22-7-18-20(8-21(22)32-2)27-12-28-24(18)29-17-4-3-14(9-26)19(25)6-17;1-29-19-7-18-16(6-20(19)30-21-13-4-14(21)10-25-9-13)22(27-11-26-18)28-15-3-2-12(8-24)17(23)5-15;1-9(21)20-6-10-3-11(7-20)16(10)24-15-4-12-13(5-14(15)23-2)18-8-19-17(12)22/h3-5,7-9,13,15-16,24H,1,6,11-12H2,2H3,(H,28,29,30);3-4,6-8,12,15-16,23H,5,10-11H2,1-2H3,(H,27,28,29);2-3,5-7,11,13-14,21,25H,4,9-10H2,1H3,(H,26,27,28);4-5,8,10-11,16H,3,6-7H2,1-2H3,(H,18,19,22)/t15-,16+,24?;15-,16+,23?;13-,14+,21?;10-,11+,16?. The summed E-state index contributed by atoms with van der Waals surface area (Å²) in [6, 6.07) is 36.2. The number of benzene rings is 7. The first-order chi connectivity index (χ1) is 58.7. The number of hydrogen-bond acceptors (Lipinski definition) is 26. The van der Waals surface area contributed by atoms with E-state index in [1.165, 1.54) is 37.8 Å². The molecule has 33 heteroatoms. The number of methoxy groups -OCH3 is 4. The minimum absolute atomic E-state index is 0.0126. The van der Waals surface area contributed by atoms with E-state index in [9.17, 15) is 19.2 Å². The van der Waals surface area contributed by atoms with Gasteiger partial charge in [-0.15, -0.1) is 0 Å². The van der Waals surface area contributed by atoms with Gasteiger partial charge in [-0.2, -0.15) is 15.8 Å². The van der Waals surface area contributed by atoms with Crippen molar-refractivity contribution in [1.82, 2.24) is 59.9 Å². The van der Waals surface area contributed by atoms with Crippen molar-refractivity contribution in [3.63, 3.8) is 0 Å². The predicted molar refractivity (Wildman–Crippen MR) is 454 cm³/mol. The van der Waals surface area contributed by atoms with Gasteiger partial charge in [0.25, 0.3) is 5.56 Å². The SMILES string of the molecule is C=CC(=O)N1C[C@H]2C[C@@H](C1)C2Oc1cc2c(Nc3ccc(C#N)c(Cl)c3)ncnc2cc1OC.COc1cc2nc[nH]c(=O)c2cc1OC1[C@@H]2C[C@H]1CN(C(C)=O)C2.COc1cc2ncnc(Nc3ccc(C#N)c(Cl)c3)c2cc1OC1[C@@H]2CNC[C@H]1C2.COc1cc2ncnc(Nc3ccc(C#N)c(Cl)c3)c2cc1OC1[C@@H]2C[C@H]1CN(C(C)=O)C2. The summed E-state index contributed by atoms with van der Waals surface area (Å²) in [7, 11) is 6.40. The molecule has 0 spiro atoms. The first kappa shape index (κ1) is 81.7. The third-order valence-corrected chi connectivity index (χ3v) is 24.8. The van der Waals surface area contributed by atoms with E-state index in [1.807, 2.05) is 51.1 Å². The first-order valence-corrected chi connectivity index (χ1v) is 40.6. The Hall–Kier alpha value is -13.1. The van der Waals surface area contributed by atoms with Gasteiger partial charge in [-0.1, -0.05) is 41.4 Å². The second-order valence-electron chi connectivity index (χ2n) is 31.1. The van der Waals surface area contributed by atoms with Crippen LogP contribution in [0.15, 0.2) is 146 Å². The maximum absolute atomic E-state index is 12.0. The molecule has 12 atom stereocenters. The lowest BCUT2D eigenvalue weighted by molar-refractivity contribution is -0.145. The van der Waals surface area contributed by atoms with Crippen molar-refractivity contribution in [2.24, 2.45) is 47.3 Å². The van der Waals surface area contributed by atoms with Crippen LogP contribution in [0.3, 0.4) is 0 Å². The third kappa shape index (κ3) is 16.9. The molecule has 5 N–H and O–H groups in total. The molecule has 0 radical (unpaired) electrons. The number of nitrogens with zero attached hydrogens (tertiary/aromatic N) is 13. The molecule has 11 aromatic rings. The molecule has 7 aromatic carbocycles. The van der Waals surface area contributed by atoms with E-state index < -0.39 is 0 Å². The molecule has 618 valence electrons. The van der Waals surface area contributed by atoms with Crippen molar-refractivity contribution in [3.05, 3.63) is 183 Å². The number of H-pyrrole nitrogens is 1. The summed E-state index contributed by atoms with van der Waals surface area (Å²) >= 11 is 18.5. The van der Waals surface area contributed by atoms with Crippen LogP contribution in [0.4, 0.5) is 34.5 Å². The molecule has 8 bridgehead atoms. The van der Waals surface area contributed by atoms with Crippen LogP contribution in [-0.4, -0.2) is 178 Å². The lowest BCUT2D eigenvalue weighted by atomic mass is 9.68. The van der Waals surface area contributed by atoms with Gasteiger partial charge in [0.05, 0.1) is 94.0 Å². The van der Waals surface area contributed by atoms with E-state index in [0.717, 1.165) is 85.9 Å². The summed E-state index contributed by atoms with van der Waals surface area (Å²) in [6.45, 7) is 13.0.